The lowest BCUT2D eigenvalue weighted by Crippen LogP contribution is -2.49. The Morgan fingerprint density at radius 3 is 2.52 bits per heavy atom. The number of hydrogen-bond donors (Lipinski definition) is 3. The molecule has 3 N–H and O–H groups in total. The number of likely N-dealkylation sites (tertiary alicyclic amines) is 1. The molecule has 1 aliphatic heterocycles. The van der Waals surface area contributed by atoms with Crippen LogP contribution >= 0.6 is 0 Å². The predicted octanol–water partition coefficient (Wildman–Crippen LogP) is 2.75. The van der Waals surface area contributed by atoms with Gasteiger partial charge in [0.15, 0.2) is 0 Å². The maximum Gasteiger partial charge on any atom is 0.315 e. The molecule has 5 nitrogen and oxygen atoms in total. The molecule has 0 radical (unpaired) electrons. The molecule has 0 spiro atoms. The summed E-state index contributed by atoms with van der Waals surface area (Å²) >= 11 is 0. The highest BCUT2D eigenvalue weighted by molar-refractivity contribution is 5.74. The molecule has 1 unspecified atom stereocenters. The Kier molecular flexibility index (Phi) is 7.26. The van der Waals surface area contributed by atoms with Gasteiger partial charge >= 0.3 is 6.03 Å². The SMILES string of the molecule is CC(O)CC(C)(C)CNC(=O)NC1CCN(Cc2ccccc2)CC1. The van der Waals surface area contributed by atoms with Crippen LogP contribution in [0.2, 0.25) is 0 Å². The lowest BCUT2D eigenvalue weighted by atomic mass is 9.87. The van der Waals surface area contributed by atoms with E-state index in [1.165, 1.54) is 5.56 Å². The zero-order valence-corrected chi connectivity index (χ0v) is 15.8. The van der Waals surface area contributed by atoms with Gasteiger partial charge in [-0.25, -0.2) is 4.79 Å². The second-order valence-electron chi connectivity index (χ2n) is 8.08. The van der Waals surface area contributed by atoms with E-state index in [0.29, 0.717) is 13.0 Å². The van der Waals surface area contributed by atoms with Gasteiger partial charge in [0.2, 0.25) is 0 Å². The molecular formula is C20H33N3O2. The topological polar surface area (TPSA) is 64.6 Å². The molecule has 0 saturated carbocycles. The zero-order valence-electron chi connectivity index (χ0n) is 15.8. The van der Waals surface area contributed by atoms with Gasteiger partial charge in [0.25, 0.3) is 0 Å². The minimum Gasteiger partial charge on any atom is -0.393 e. The van der Waals surface area contributed by atoms with Gasteiger partial charge in [-0.15, -0.1) is 0 Å². The van der Waals surface area contributed by atoms with E-state index >= 15 is 0 Å². The quantitative estimate of drug-likeness (QED) is 0.711. The van der Waals surface area contributed by atoms with Gasteiger partial charge in [0, 0.05) is 32.2 Å². The minimum absolute atomic E-state index is 0.0971. The molecule has 1 aromatic rings. The monoisotopic (exact) mass is 347 g/mol. The zero-order chi connectivity index (χ0) is 18.3. The Labute approximate surface area is 151 Å². The van der Waals surface area contributed by atoms with Crippen LogP contribution in [0.4, 0.5) is 4.79 Å². The molecule has 1 saturated heterocycles. The third kappa shape index (κ3) is 7.45. The number of amides is 2. The largest absolute Gasteiger partial charge is 0.393 e. The van der Waals surface area contributed by atoms with E-state index in [-0.39, 0.29) is 23.6 Å². The summed E-state index contributed by atoms with van der Waals surface area (Å²) in [6.45, 7) is 9.46. The molecule has 5 heteroatoms. The third-order valence-corrected chi connectivity index (χ3v) is 4.75. The van der Waals surface area contributed by atoms with E-state index in [4.69, 9.17) is 0 Å². The molecule has 1 aliphatic rings. The fraction of sp³-hybridized carbons (Fsp3) is 0.650. The van der Waals surface area contributed by atoms with Crippen LogP contribution in [-0.2, 0) is 6.54 Å². The average molecular weight is 348 g/mol. The van der Waals surface area contributed by atoms with E-state index in [1.54, 1.807) is 6.92 Å². The molecule has 140 valence electrons. The van der Waals surface area contributed by atoms with Crippen molar-refractivity contribution in [2.75, 3.05) is 19.6 Å². The lowest BCUT2D eigenvalue weighted by molar-refractivity contribution is 0.128. The second kappa shape index (κ2) is 9.20. The Bertz CT molecular complexity index is 523. The van der Waals surface area contributed by atoms with Crippen LogP contribution in [0.3, 0.4) is 0 Å². The number of aliphatic hydroxyl groups excluding tert-OH is 1. The molecule has 2 amide bonds. The van der Waals surface area contributed by atoms with Gasteiger partial charge in [-0.05, 0) is 37.2 Å². The average Bonchev–Trinajstić information content (AvgIpc) is 2.55. The number of nitrogens with zero attached hydrogens (tertiary/aromatic N) is 1. The number of carbonyl (C=O) groups is 1. The van der Waals surface area contributed by atoms with Crippen molar-refractivity contribution in [3.8, 4) is 0 Å². The van der Waals surface area contributed by atoms with Gasteiger partial charge in [-0.2, -0.15) is 0 Å². The molecule has 0 aliphatic carbocycles. The van der Waals surface area contributed by atoms with Crippen molar-refractivity contribution >= 4 is 6.03 Å². The molecule has 1 aromatic carbocycles. The Morgan fingerprint density at radius 1 is 1.28 bits per heavy atom. The van der Waals surface area contributed by atoms with Crippen molar-refractivity contribution in [3.63, 3.8) is 0 Å². The molecule has 0 bridgehead atoms. The summed E-state index contributed by atoms with van der Waals surface area (Å²) in [5.74, 6) is 0. The Morgan fingerprint density at radius 2 is 1.92 bits per heavy atom. The van der Waals surface area contributed by atoms with Gasteiger partial charge in [0.1, 0.15) is 0 Å². The molecule has 1 heterocycles. The molecule has 25 heavy (non-hydrogen) atoms. The van der Waals surface area contributed by atoms with Crippen LogP contribution in [0.15, 0.2) is 30.3 Å². The standard InChI is InChI=1S/C20H33N3O2/c1-16(24)13-20(2,3)15-21-19(25)22-18-9-11-23(12-10-18)14-17-7-5-4-6-8-17/h4-8,16,18,24H,9-15H2,1-3H3,(H2,21,22,25). The smallest absolute Gasteiger partial charge is 0.315 e. The third-order valence-electron chi connectivity index (χ3n) is 4.75. The van der Waals surface area contributed by atoms with Crippen molar-refractivity contribution < 1.29 is 9.90 Å². The first-order chi connectivity index (χ1) is 11.8. The molecule has 0 aromatic heterocycles. The lowest BCUT2D eigenvalue weighted by Gasteiger charge is -2.33. The number of aliphatic hydroxyl groups is 1. The highest BCUT2D eigenvalue weighted by Crippen LogP contribution is 2.21. The summed E-state index contributed by atoms with van der Waals surface area (Å²) < 4.78 is 0. The van der Waals surface area contributed by atoms with E-state index < -0.39 is 0 Å². The number of hydrogen-bond acceptors (Lipinski definition) is 3. The van der Waals surface area contributed by atoms with Crippen LogP contribution in [0, 0.1) is 5.41 Å². The summed E-state index contributed by atoms with van der Waals surface area (Å²) in [6, 6.07) is 10.7. The Balaban J connectivity index is 1.66. The summed E-state index contributed by atoms with van der Waals surface area (Å²) in [7, 11) is 0. The first-order valence-electron chi connectivity index (χ1n) is 9.33. The van der Waals surface area contributed by atoms with E-state index in [0.717, 1.165) is 32.5 Å². The fourth-order valence-corrected chi connectivity index (χ4v) is 3.50. The summed E-state index contributed by atoms with van der Waals surface area (Å²) in [5, 5.41) is 15.6. The van der Waals surface area contributed by atoms with Crippen LogP contribution in [0.25, 0.3) is 0 Å². The van der Waals surface area contributed by atoms with Crippen molar-refractivity contribution in [1.29, 1.82) is 0 Å². The fourth-order valence-electron chi connectivity index (χ4n) is 3.50. The molecule has 1 fully saturated rings. The molecule has 1 atom stereocenters. The highest BCUT2D eigenvalue weighted by atomic mass is 16.3. The van der Waals surface area contributed by atoms with Crippen molar-refractivity contribution in [1.82, 2.24) is 15.5 Å². The predicted molar refractivity (Wildman–Crippen MR) is 101 cm³/mol. The first kappa shape index (κ1) is 19.7. The van der Waals surface area contributed by atoms with Gasteiger partial charge < -0.3 is 15.7 Å². The van der Waals surface area contributed by atoms with Gasteiger partial charge in [-0.1, -0.05) is 44.2 Å². The number of benzene rings is 1. The molecule has 2 rings (SSSR count). The summed E-state index contributed by atoms with van der Waals surface area (Å²) in [6.07, 6.45) is 2.29. The van der Waals surface area contributed by atoms with Crippen LogP contribution < -0.4 is 10.6 Å². The van der Waals surface area contributed by atoms with E-state index in [9.17, 15) is 9.90 Å². The normalized spacial score (nSPS) is 17.9. The summed E-state index contributed by atoms with van der Waals surface area (Å²) in [5.41, 5.74) is 1.23. The number of urea groups is 1. The number of rotatable bonds is 7. The maximum atomic E-state index is 12.1. The minimum atomic E-state index is -0.353. The number of piperidine rings is 1. The number of carbonyl (C=O) groups excluding carboxylic acids is 1. The van der Waals surface area contributed by atoms with Crippen LogP contribution in [-0.4, -0.2) is 47.8 Å². The first-order valence-corrected chi connectivity index (χ1v) is 9.33. The van der Waals surface area contributed by atoms with Crippen molar-refractivity contribution in [2.24, 2.45) is 5.41 Å². The van der Waals surface area contributed by atoms with Crippen molar-refractivity contribution in [2.45, 2.75) is 58.7 Å². The van der Waals surface area contributed by atoms with Gasteiger partial charge in [0.05, 0.1) is 6.10 Å². The second-order valence-corrected chi connectivity index (χ2v) is 8.08. The van der Waals surface area contributed by atoms with E-state index in [2.05, 4.69) is 53.6 Å². The highest BCUT2D eigenvalue weighted by Gasteiger charge is 2.23. The van der Waals surface area contributed by atoms with E-state index in [1.807, 2.05) is 6.07 Å². The van der Waals surface area contributed by atoms with Crippen LogP contribution in [0.1, 0.15) is 45.6 Å². The van der Waals surface area contributed by atoms with Gasteiger partial charge in [-0.3, -0.25) is 4.90 Å². The van der Waals surface area contributed by atoms with Crippen LogP contribution in [0.5, 0.6) is 0 Å². The summed E-state index contributed by atoms with van der Waals surface area (Å²) in [4.78, 5) is 14.6. The number of nitrogens with one attached hydrogen (secondary N) is 2. The maximum absolute atomic E-state index is 12.1. The molecular weight excluding hydrogens is 314 g/mol. The van der Waals surface area contributed by atoms with Crippen molar-refractivity contribution in [3.05, 3.63) is 35.9 Å². The Hall–Kier alpha value is -1.59.